The Hall–Kier alpha value is -4.30. The highest BCUT2D eigenvalue weighted by Crippen LogP contribution is 2.43. The number of nitrogens with one attached hydrogen (secondary N) is 2. The van der Waals surface area contributed by atoms with Crippen LogP contribution in [0.3, 0.4) is 0 Å². The molecular weight excluding hydrogens is 489 g/mol. The minimum Gasteiger partial charge on any atom is -0.404 e. The van der Waals surface area contributed by atoms with Crippen LogP contribution in [-0.4, -0.2) is 60.3 Å². The monoisotopic (exact) mass is 523 g/mol. The number of nitrogens with two attached hydrogens (primary N) is 3. The Morgan fingerprint density at radius 3 is 2.66 bits per heavy atom. The number of methoxy groups -OCH3 is 1. The van der Waals surface area contributed by atoms with Crippen LogP contribution in [0, 0.1) is 23.6 Å². The smallest absolute Gasteiger partial charge is 0.255 e. The fourth-order valence-electron chi connectivity index (χ4n) is 4.37. The Morgan fingerprint density at radius 2 is 2.08 bits per heavy atom. The summed E-state index contributed by atoms with van der Waals surface area (Å²) in [5.41, 5.74) is 19.3. The number of allylic oxidation sites excluding steroid dienone is 1. The number of halogens is 1. The molecule has 10 nitrogen and oxygen atoms in total. The molecule has 1 atom stereocenters. The number of amides is 2. The molecular formula is C27H34FN7O3. The number of carbonyl (C=O) groups is 2. The number of nitrogen functional groups attached to an aromatic ring is 1. The summed E-state index contributed by atoms with van der Waals surface area (Å²) in [4.78, 5) is 24.6. The maximum atomic E-state index is 14.5. The molecule has 202 valence electrons. The summed E-state index contributed by atoms with van der Waals surface area (Å²) in [6, 6.07) is 3.07. The van der Waals surface area contributed by atoms with E-state index in [-0.39, 0.29) is 34.6 Å². The number of aromatic amines is 1. The molecule has 1 aliphatic carbocycles. The first kappa shape index (κ1) is 28.3. The van der Waals surface area contributed by atoms with Crippen molar-refractivity contribution in [2.45, 2.75) is 31.7 Å². The van der Waals surface area contributed by atoms with Gasteiger partial charge in [-0.3, -0.25) is 14.7 Å². The van der Waals surface area contributed by atoms with Crippen molar-refractivity contribution in [3.63, 3.8) is 0 Å². The first-order valence-electron chi connectivity index (χ1n) is 12.3. The molecule has 11 heteroatoms. The molecule has 1 saturated carbocycles. The van der Waals surface area contributed by atoms with Crippen molar-refractivity contribution in [1.82, 2.24) is 15.1 Å². The van der Waals surface area contributed by atoms with E-state index in [0.29, 0.717) is 23.8 Å². The lowest BCUT2D eigenvalue weighted by Crippen LogP contribution is -2.36. The van der Waals surface area contributed by atoms with E-state index in [1.807, 2.05) is 4.90 Å². The van der Waals surface area contributed by atoms with Crippen LogP contribution < -0.4 is 22.5 Å². The molecule has 2 fully saturated rings. The van der Waals surface area contributed by atoms with Gasteiger partial charge < -0.3 is 32.2 Å². The number of ether oxygens (including phenoxy) is 1. The molecule has 2 heterocycles. The Kier molecular flexibility index (Phi) is 9.51. The number of hydrogen-bond donors (Lipinski definition) is 5. The molecule has 1 unspecified atom stereocenters. The van der Waals surface area contributed by atoms with E-state index in [1.54, 1.807) is 14.2 Å². The van der Waals surface area contributed by atoms with Gasteiger partial charge in [-0.15, -0.1) is 0 Å². The van der Waals surface area contributed by atoms with E-state index >= 15 is 0 Å². The van der Waals surface area contributed by atoms with Crippen LogP contribution in [0.15, 0.2) is 31.0 Å². The molecule has 0 bridgehead atoms. The summed E-state index contributed by atoms with van der Waals surface area (Å²) in [5, 5.41) is 9.25. The van der Waals surface area contributed by atoms with Gasteiger partial charge >= 0.3 is 0 Å². The second-order valence-electron chi connectivity index (χ2n) is 8.99. The highest BCUT2D eigenvalue weighted by atomic mass is 19.1. The summed E-state index contributed by atoms with van der Waals surface area (Å²) >= 11 is 0. The Labute approximate surface area is 221 Å². The van der Waals surface area contributed by atoms with Crippen LogP contribution in [0.1, 0.15) is 52.9 Å². The minimum atomic E-state index is -0.690. The number of H-pyrrole nitrogens is 1. The number of primary amides is 1. The minimum absolute atomic E-state index is 0.0227. The Balaban J connectivity index is 0.000000279. The molecule has 38 heavy (non-hydrogen) atoms. The molecule has 8 N–H and O–H groups in total. The molecule has 0 radical (unpaired) electrons. The Morgan fingerprint density at radius 1 is 1.34 bits per heavy atom. The van der Waals surface area contributed by atoms with Crippen LogP contribution in [0.4, 0.5) is 15.9 Å². The number of rotatable bonds is 7. The second-order valence-corrected chi connectivity index (χ2v) is 8.99. The fraction of sp³-hybridized carbons (Fsp3) is 0.370. The van der Waals surface area contributed by atoms with Crippen LogP contribution in [-0.2, 0) is 9.53 Å². The lowest BCUT2D eigenvalue weighted by atomic mass is 9.98. The summed E-state index contributed by atoms with van der Waals surface area (Å²) in [6.07, 6.45) is 7.02. The zero-order valence-corrected chi connectivity index (χ0v) is 21.6. The van der Waals surface area contributed by atoms with Gasteiger partial charge in [-0.25, -0.2) is 4.39 Å². The standard InChI is InChI=1S/C18H19FN6O.C9H15NO2/c1-23-18-16(17(22)26)15(24-25-18)5-4-10-6-14(21)11(7-13(10)19)12(8-20)9-2-3-9;1-3-9(11)10-6-4-5-8(10)7-12-2/h6-9H,2-3,20-21H2,1H3,(H2,22,26)(H2,23,24,25);3,8H,1,4-7H2,2H3/b12-8-;. The molecule has 2 aliphatic rings. The quantitative estimate of drug-likeness (QED) is 0.211. The maximum absolute atomic E-state index is 14.5. The zero-order valence-electron chi connectivity index (χ0n) is 21.6. The first-order chi connectivity index (χ1) is 18.2. The van der Waals surface area contributed by atoms with Gasteiger partial charge in [0.25, 0.3) is 5.91 Å². The predicted molar refractivity (Wildman–Crippen MR) is 145 cm³/mol. The molecule has 1 aromatic heterocycles. The van der Waals surface area contributed by atoms with E-state index in [2.05, 4.69) is 33.9 Å². The number of hydrogen-bond acceptors (Lipinski definition) is 7. The predicted octanol–water partition coefficient (Wildman–Crippen LogP) is 2.19. The molecule has 2 amide bonds. The molecule has 1 saturated heterocycles. The van der Waals surface area contributed by atoms with Crippen molar-refractivity contribution in [2.24, 2.45) is 17.4 Å². The Bertz CT molecular complexity index is 1290. The average molecular weight is 524 g/mol. The maximum Gasteiger partial charge on any atom is 0.255 e. The van der Waals surface area contributed by atoms with Crippen LogP contribution in [0.25, 0.3) is 5.57 Å². The summed E-state index contributed by atoms with van der Waals surface area (Å²) in [6.45, 7) is 4.95. The van der Waals surface area contributed by atoms with E-state index in [9.17, 15) is 14.0 Å². The SMILES string of the molecule is C=CC(=O)N1CCCC1COC.CNc1n[nH]c(C#Cc2cc(N)c(/C(=C\N)C3CC3)cc2F)c1C(N)=O. The van der Waals surface area contributed by atoms with Gasteiger partial charge in [-0.2, -0.15) is 5.10 Å². The van der Waals surface area contributed by atoms with Crippen LogP contribution in [0.2, 0.25) is 0 Å². The van der Waals surface area contributed by atoms with Gasteiger partial charge in [0.05, 0.1) is 18.2 Å². The molecule has 1 aliphatic heterocycles. The molecule has 1 aromatic carbocycles. The number of carbonyl (C=O) groups excluding carboxylic acids is 2. The van der Waals surface area contributed by atoms with Gasteiger partial charge in [0.15, 0.2) is 5.82 Å². The normalized spacial score (nSPS) is 16.7. The van der Waals surface area contributed by atoms with Gasteiger partial charge in [-0.1, -0.05) is 12.5 Å². The highest BCUT2D eigenvalue weighted by molar-refractivity contribution is 5.99. The zero-order chi connectivity index (χ0) is 27.8. The van der Waals surface area contributed by atoms with E-state index < -0.39 is 11.7 Å². The average Bonchev–Trinajstić information content (AvgIpc) is 3.47. The van der Waals surface area contributed by atoms with Crippen molar-refractivity contribution in [1.29, 1.82) is 0 Å². The third-order valence-electron chi connectivity index (χ3n) is 6.41. The first-order valence-corrected chi connectivity index (χ1v) is 12.3. The summed E-state index contributed by atoms with van der Waals surface area (Å²) in [5.74, 6) is 4.78. The molecule has 2 aromatic rings. The molecule has 4 rings (SSSR count). The highest BCUT2D eigenvalue weighted by Gasteiger charge is 2.28. The topological polar surface area (TPSA) is 165 Å². The molecule has 0 spiro atoms. The number of nitrogens with zero attached hydrogens (tertiary/aromatic N) is 2. The number of anilines is 2. The van der Waals surface area contributed by atoms with Gasteiger partial charge in [0, 0.05) is 32.0 Å². The second kappa shape index (κ2) is 12.8. The van der Waals surface area contributed by atoms with Gasteiger partial charge in [-0.05, 0) is 67.5 Å². The third-order valence-corrected chi connectivity index (χ3v) is 6.41. The third kappa shape index (κ3) is 6.52. The number of likely N-dealkylation sites (tertiary alicyclic amines) is 1. The van der Waals surface area contributed by atoms with Crippen molar-refractivity contribution in [2.75, 3.05) is 38.4 Å². The van der Waals surface area contributed by atoms with E-state index in [4.69, 9.17) is 21.9 Å². The number of aromatic nitrogens is 2. The van der Waals surface area contributed by atoms with Crippen molar-refractivity contribution in [3.8, 4) is 11.8 Å². The summed E-state index contributed by atoms with van der Waals surface area (Å²) < 4.78 is 19.5. The lowest BCUT2D eigenvalue weighted by molar-refractivity contribution is -0.127. The van der Waals surface area contributed by atoms with Crippen molar-refractivity contribution >= 4 is 28.9 Å². The lowest BCUT2D eigenvalue weighted by Gasteiger charge is -2.22. The van der Waals surface area contributed by atoms with Crippen molar-refractivity contribution in [3.05, 3.63) is 59.2 Å². The van der Waals surface area contributed by atoms with E-state index in [0.717, 1.165) is 37.8 Å². The van der Waals surface area contributed by atoms with Gasteiger partial charge in [0.2, 0.25) is 5.91 Å². The van der Waals surface area contributed by atoms with Gasteiger partial charge in [0.1, 0.15) is 17.1 Å². The van der Waals surface area contributed by atoms with Crippen LogP contribution >= 0.6 is 0 Å². The van der Waals surface area contributed by atoms with E-state index in [1.165, 1.54) is 24.4 Å². The summed E-state index contributed by atoms with van der Waals surface area (Å²) in [7, 11) is 3.26. The van der Waals surface area contributed by atoms with Crippen LogP contribution in [0.5, 0.6) is 0 Å². The fourth-order valence-corrected chi connectivity index (χ4v) is 4.37. The van der Waals surface area contributed by atoms with Crippen molar-refractivity contribution < 1.29 is 18.7 Å². The largest absolute Gasteiger partial charge is 0.404 e. The number of benzene rings is 1.